The molecule has 2 atom stereocenters. The van der Waals surface area contributed by atoms with Crippen LogP contribution in [0.3, 0.4) is 0 Å². The van der Waals surface area contributed by atoms with Crippen molar-refractivity contribution in [3.8, 4) is 0 Å². The predicted molar refractivity (Wildman–Crippen MR) is 67.9 cm³/mol. The maximum Gasteiger partial charge on any atom is 0.237 e. The third kappa shape index (κ3) is 4.41. The molecule has 0 saturated heterocycles. The van der Waals surface area contributed by atoms with Gasteiger partial charge in [-0.25, -0.2) is 4.98 Å². The van der Waals surface area contributed by atoms with Crippen molar-refractivity contribution in [1.82, 2.24) is 10.3 Å². The van der Waals surface area contributed by atoms with E-state index in [0.29, 0.717) is 13.0 Å². The maximum atomic E-state index is 11.7. The van der Waals surface area contributed by atoms with Crippen LogP contribution in [0.25, 0.3) is 0 Å². The Hall–Kier alpha value is -0.980. The zero-order chi connectivity index (χ0) is 12.8. The summed E-state index contributed by atoms with van der Waals surface area (Å²) in [7, 11) is 1.59. The van der Waals surface area contributed by atoms with E-state index in [0.717, 1.165) is 9.88 Å². The second-order valence-corrected chi connectivity index (χ2v) is 5.19. The fraction of sp³-hybridized carbons (Fsp3) is 0.636. The van der Waals surface area contributed by atoms with Gasteiger partial charge in [0.05, 0.1) is 12.1 Å². The summed E-state index contributed by atoms with van der Waals surface area (Å²) in [5.41, 5.74) is 5.73. The quantitative estimate of drug-likeness (QED) is 0.797. The van der Waals surface area contributed by atoms with Crippen LogP contribution in [0, 0.1) is 6.92 Å². The first-order chi connectivity index (χ1) is 8.04. The molecule has 1 amide bonds. The van der Waals surface area contributed by atoms with E-state index in [1.54, 1.807) is 24.6 Å². The second-order valence-electron chi connectivity index (χ2n) is 3.93. The average Bonchev–Trinajstić information content (AvgIpc) is 2.72. The SMILES string of the molecule is COCCC(N)C(=O)NC(C)c1ncc(C)s1. The van der Waals surface area contributed by atoms with E-state index in [1.165, 1.54) is 0 Å². The maximum absolute atomic E-state index is 11.7. The zero-order valence-electron chi connectivity index (χ0n) is 10.4. The van der Waals surface area contributed by atoms with Crippen LogP contribution in [0.1, 0.15) is 29.3 Å². The number of nitrogens with zero attached hydrogens (tertiary/aromatic N) is 1. The molecule has 0 aliphatic heterocycles. The molecule has 0 fully saturated rings. The van der Waals surface area contributed by atoms with Gasteiger partial charge in [0.25, 0.3) is 0 Å². The van der Waals surface area contributed by atoms with Gasteiger partial charge in [0, 0.05) is 24.8 Å². The van der Waals surface area contributed by atoms with Crippen molar-refractivity contribution in [3.63, 3.8) is 0 Å². The number of aromatic nitrogens is 1. The van der Waals surface area contributed by atoms with E-state index in [4.69, 9.17) is 10.5 Å². The van der Waals surface area contributed by atoms with Gasteiger partial charge in [0.2, 0.25) is 5.91 Å². The van der Waals surface area contributed by atoms with Gasteiger partial charge in [0.1, 0.15) is 5.01 Å². The molecule has 96 valence electrons. The zero-order valence-corrected chi connectivity index (χ0v) is 11.2. The number of thiazole rings is 1. The van der Waals surface area contributed by atoms with Gasteiger partial charge in [-0.2, -0.15) is 0 Å². The lowest BCUT2D eigenvalue weighted by molar-refractivity contribution is -0.123. The van der Waals surface area contributed by atoms with Crippen molar-refractivity contribution in [2.24, 2.45) is 5.73 Å². The molecule has 5 nitrogen and oxygen atoms in total. The third-order valence-corrected chi connectivity index (χ3v) is 3.43. The number of methoxy groups -OCH3 is 1. The van der Waals surface area contributed by atoms with E-state index >= 15 is 0 Å². The Kier molecular flexibility index (Phi) is 5.54. The van der Waals surface area contributed by atoms with Crippen LogP contribution in [-0.2, 0) is 9.53 Å². The number of rotatable bonds is 6. The molecule has 1 rings (SSSR count). The van der Waals surface area contributed by atoms with Crippen LogP contribution < -0.4 is 11.1 Å². The van der Waals surface area contributed by atoms with Gasteiger partial charge >= 0.3 is 0 Å². The molecule has 0 saturated carbocycles. The molecule has 0 aliphatic carbocycles. The lowest BCUT2D eigenvalue weighted by atomic mass is 10.2. The van der Waals surface area contributed by atoms with Crippen molar-refractivity contribution in [2.45, 2.75) is 32.4 Å². The van der Waals surface area contributed by atoms with Gasteiger partial charge in [-0.3, -0.25) is 4.79 Å². The Morgan fingerprint density at radius 1 is 1.71 bits per heavy atom. The smallest absolute Gasteiger partial charge is 0.237 e. The van der Waals surface area contributed by atoms with E-state index < -0.39 is 6.04 Å². The van der Waals surface area contributed by atoms with Gasteiger partial charge in [-0.05, 0) is 20.3 Å². The minimum absolute atomic E-state index is 0.102. The topological polar surface area (TPSA) is 77.2 Å². The third-order valence-electron chi connectivity index (χ3n) is 2.34. The number of amides is 1. The number of ether oxygens (including phenoxy) is 1. The van der Waals surface area contributed by atoms with Gasteiger partial charge < -0.3 is 15.8 Å². The van der Waals surface area contributed by atoms with Crippen LogP contribution in [0.2, 0.25) is 0 Å². The normalized spacial score (nSPS) is 14.4. The van der Waals surface area contributed by atoms with Crippen LogP contribution >= 0.6 is 11.3 Å². The second kappa shape index (κ2) is 6.68. The summed E-state index contributed by atoms with van der Waals surface area (Å²) in [6.45, 7) is 4.37. The Balaban J connectivity index is 2.45. The van der Waals surface area contributed by atoms with Crippen LogP contribution in [0.4, 0.5) is 0 Å². The minimum atomic E-state index is -0.529. The summed E-state index contributed by atoms with van der Waals surface area (Å²) in [6, 6.07) is -0.631. The molecule has 1 aromatic rings. The van der Waals surface area contributed by atoms with E-state index in [2.05, 4.69) is 10.3 Å². The summed E-state index contributed by atoms with van der Waals surface area (Å²) in [5, 5.41) is 3.74. The first-order valence-corrected chi connectivity index (χ1v) is 6.33. The van der Waals surface area contributed by atoms with Crippen molar-refractivity contribution in [2.75, 3.05) is 13.7 Å². The molecule has 2 unspecified atom stereocenters. The number of hydrogen-bond acceptors (Lipinski definition) is 5. The van der Waals surface area contributed by atoms with E-state index in [9.17, 15) is 4.79 Å². The number of carbonyl (C=O) groups is 1. The van der Waals surface area contributed by atoms with E-state index in [1.807, 2.05) is 13.8 Å². The Labute approximate surface area is 105 Å². The number of carbonyl (C=O) groups excluding carboxylic acids is 1. The largest absolute Gasteiger partial charge is 0.385 e. The Morgan fingerprint density at radius 3 is 2.94 bits per heavy atom. The predicted octanol–water partition coefficient (Wildman–Crippen LogP) is 0.993. The monoisotopic (exact) mass is 257 g/mol. The van der Waals surface area contributed by atoms with E-state index in [-0.39, 0.29) is 11.9 Å². The first kappa shape index (κ1) is 14.1. The molecule has 6 heteroatoms. The lowest BCUT2D eigenvalue weighted by Gasteiger charge is -2.15. The average molecular weight is 257 g/mol. The molecule has 0 aromatic carbocycles. The fourth-order valence-corrected chi connectivity index (χ4v) is 2.11. The molecule has 1 heterocycles. The summed E-state index contributed by atoms with van der Waals surface area (Å²) < 4.78 is 4.89. The highest BCUT2D eigenvalue weighted by atomic mass is 32.1. The minimum Gasteiger partial charge on any atom is -0.385 e. The van der Waals surface area contributed by atoms with Gasteiger partial charge in [0.15, 0.2) is 0 Å². The standard InChI is InChI=1S/C11H19N3O2S/c1-7-6-13-11(17-7)8(2)14-10(15)9(12)4-5-16-3/h6,8-9H,4-5,12H2,1-3H3,(H,14,15). The molecule has 0 radical (unpaired) electrons. The fourth-order valence-electron chi connectivity index (χ4n) is 1.33. The molecule has 0 spiro atoms. The molecule has 17 heavy (non-hydrogen) atoms. The van der Waals surface area contributed by atoms with Crippen LogP contribution in [0.15, 0.2) is 6.20 Å². The molecule has 3 N–H and O–H groups in total. The summed E-state index contributed by atoms with van der Waals surface area (Å²) in [5.74, 6) is -0.164. The molecule has 1 aromatic heterocycles. The number of hydrogen-bond donors (Lipinski definition) is 2. The summed E-state index contributed by atoms with van der Waals surface area (Å²) in [4.78, 5) is 17.1. The Morgan fingerprint density at radius 2 is 2.41 bits per heavy atom. The Bertz CT molecular complexity index is 367. The molecule has 0 aliphatic rings. The number of aryl methyl sites for hydroxylation is 1. The summed E-state index contributed by atoms with van der Waals surface area (Å²) in [6.07, 6.45) is 2.32. The molecule has 0 bridgehead atoms. The van der Waals surface area contributed by atoms with Crippen molar-refractivity contribution in [3.05, 3.63) is 16.1 Å². The number of nitrogens with two attached hydrogens (primary N) is 1. The van der Waals surface area contributed by atoms with Crippen LogP contribution in [-0.4, -0.2) is 30.6 Å². The van der Waals surface area contributed by atoms with Crippen LogP contribution in [0.5, 0.6) is 0 Å². The van der Waals surface area contributed by atoms with Gasteiger partial charge in [-0.15, -0.1) is 11.3 Å². The highest BCUT2D eigenvalue weighted by Gasteiger charge is 2.17. The highest BCUT2D eigenvalue weighted by Crippen LogP contribution is 2.18. The van der Waals surface area contributed by atoms with Crippen molar-refractivity contribution < 1.29 is 9.53 Å². The van der Waals surface area contributed by atoms with Gasteiger partial charge in [-0.1, -0.05) is 0 Å². The molecular formula is C11H19N3O2S. The van der Waals surface area contributed by atoms with Crippen molar-refractivity contribution in [1.29, 1.82) is 0 Å². The molecular weight excluding hydrogens is 238 g/mol. The number of nitrogens with one attached hydrogen (secondary N) is 1. The first-order valence-electron chi connectivity index (χ1n) is 5.51. The highest BCUT2D eigenvalue weighted by molar-refractivity contribution is 7.11. The summed E-state index contributed by atoms with van der Waals surface area (Å²) >= 11 is 1.58. The lowest BCUT2D eigenvalue weighted by Crippen LogP contribution is -2.42. The van der Waals surface area contributed by atoms with Crippen molar-refractivity contribution >= 4 is 17.2 Å².